The van der Waals surface area contributed by atoms with Crippen LogP contribution in [0.15, 0.2) is 18.2 Å². The Kier molecular flexibility index (Phi) is 2.88. The molecule has 0 fully saturated rings. The van der Waals surface area contributed by atoms with Crippen molar-refractivity contribution in [1.29, 1.82) is 0 Å². The first-order chi connectivity index (χ1) is 7.00. The fourth-order valence-electron chi connectivity index (χ4n) is 0.913. The lowest BCUT2D eigenvalue weighted by atomic mass is 10.2. The average Bonchev–Trinajstić information content (AvgIpc) is 2.16. The van der Waals surface area contributed by atoms with E-state index in [0.29, 0.717) is 5.56 Å². The van der Waals surface area contributed by atoms with Gasteiger partial charge in [-0.2, -0.15) is 0 Å². The summed E-state index contributed by atoms with van der Waals surface area (Å²) >= 11 is 0. The van der Waals surface area contributed by atoms with Gasteiger partial charge in [0.2, 0.25) is 0 Å². The van der Waals surface area contributed by atoms with Crippen LogP contribution in [0.3, 0.4) is 0 Å². The van der Waals surface area contributed by atoms with Crippen molar-refractivity contribution in [2.75, 3.05) is 5.73 Å². The molecule has 0 atom stereocenters. The number of primary amides is 1. The SMILES string of the molecule is NC(=O)C#Cc1ccc(N)c([N+](=O)[O-])c1. The first-order valence-corrected chi connectivity index (χ1v) is 3.86. The average molecular weight is 205 g/mol. The predicted octanol–water partition coefficient (Wildman–Crippen LogP) is 0.0138. The van der Waals surface area contributed by atoms with Crippen LogP contribution in [-0.4, -0.2) is 10.8 Å². The third-order valence-corrected chi connectivity index (χ3v) is 1.56. The minimum Gasteiger partial charge on any atom is -0.393 e. The molecule has 0 radical (unpaired) electrons. The molecular formula is C9H7N3O3. The van der Waals surface area contributed by atoms with E-state index in [0.717, 1.165) is 0 Å². The highest BCUT2D eigenvalue weighted by molar-refractivity contribution is 5.92. The minimum absolute atomic E-state index is 0.0459. The summed E-state index contributed by atoms with van der Waals surface area (Å²) in [6.45, 7) is 0. The number of hydrogen-bond donors (Lipinski definition) is 2. The Bertz CT molecular complexity index is 485. The van der Waals surface area contributed by atoms with Crippen LogP contribution in [0.5, 0.6) is 0 Å². The van der Waals surface area contributed by atoms with Crippen molar-refractivity contribution in [3.8, 4) is 11.8 Å². The molecule has 0 aliphatic carbocycles. The lowest BCUT2D eigenvalue weighted by molar-refractivity contribution is -0.383. The number of carbonyl (C=O) groups is 1. The van der Waals surface area contributed by atoms with Crippen molar-refractivity contribution >= 4 is 17.3 Å². The summed E-state index contributed by atoms with van der Waals surface area (Å²) < 4.78 is 0. The number of hydrogen-bond acceptors (Lipinski definition) is 4. The van der Waals surface area contributed by atoms with Crippen molar-refractivity contribution in [2.45, 2.75) is 0 Å². The topological polar surface area (TPSA) is 112 Å². The van der Waals surface area contributed by atoms with Crippen LogP contribution in [0.1, 0.15) is 5.56 Å². The molecule has 0 spiro atoms. The molecule has 4 N–H and O–H groups in total. The molecular weight excluding hydrogens is 198 g/mol. The zero-order chi connectivity index (χ0) is 11.4. The highest BCUT2D eigenvalue weighted by atomic mass is 16.6. The summed E-state index contributed by atoms with van der Waals surface area (Å²) in [5.74, 6) is 3.66. The van der Waals surface area contributed by atoms with E-state index in [1.807, 2.05) is 0 Å². The van der Waals surface area contributed by atoms with Gasteiger partial charge >= 0.3 is 0 Å². The van der Waals surface area contributed by atoms with Gasteiger partial charge in [0.05, 0.1) is 4.92 Å². The van der Waals surface area contributed by atoms with E-state index in [2.05, 4.69) is 11.8 Å². The number of nitro groups is 1. The van der Waals surface area contributed by atoms with Crippen LogP contribution in [0.2, 0.25) is 0 Å². The standard InChI is InChI=1S/C9H7N3O3/c10-7-3-1-6(2-4-9(11)13)5-8(7)12(14)15/h1,3,5H,10H2,(H2,11,13). The van der Waals surface area contributed by atoms with Gasteiger partial charge in [-0.1, -0.05) is 5.92 Å². The first kappa shape index (κ1) is 10.5. The second kappa shape index (κ2) is 4.11. The third kappa shape index (κ3) is 2.70. The normalized spacial score (nSPS) is 8.80. The molecule has 0 saturated carbocycles. The Hall–Kier alpha value is -2.55. The molecule has 1 rings (SSSR count). The molecule has 15 heavy (non-hydrogen) atoms. The van der Waals surface area contributed by atoms with E-state index in [1.54, 1.807) is 0 Å². The molecule has 1 amide bonds. The van der Waals surface area contributed by atoms with Crippen LogP contribution >= 0.6 is 0 Å². The molecule has 0 saturated heterocycles. The maximum atomic E-state index is 10.5. The highest BCUT2D eigenvalue weighted by Crippen LogP contribution is 2.21. The van der Waals surface area contributed by atoms with Gasteiger partial charge in [0.1, 0.15) is 5.69 Å². The minimum atomic E-state index is -0.797. The summed E-state index contributed by atoms with van der Waals surface area (Å²) in [4.78, 5) is 20.2. The summed E-state index contributed by atoms with van der Waals surface area (Å²) in [5.41, 5.74) is 10.3. The maximum absolute atomic E-state index is 10.5. The van der Waals surface area contributed by atoms with Gasteiger partial charge in [-0.25, -0.2) is 0 Å². The van der Waals surface area contributed by atoms with Crippen LogP contribution < -0.4 is 11.5 Å². The second-order valence-corrected chi connectivity index (χ2v) is 2.64. The monoisotopic (exact) mass is 205 g/mol. The predicted molar refractivity (Wildman–Crippen MR) is 53.6 cm³/mol. The smallest absolute Gasteiger partial charge is 0.293 e. The number of carbonyl (C=O) groups excluding carboxylic acids is 1. The molecule has 0 aromatic heterocycles. The molecule has 6 nitrogen and oxygen atoms in total. The summed E-state index contributed by atoms with van der Waals surface area (Å²) in [6.07, 6.45) is 0. The van der Waals surface area contributed by atoms with E-state index in [-0.39, 0.29) is 11.4 Å². The fourth-order valence-corrected chi connectivity index (χ4v) is 0.913. The summed E-state index contributed by atoms with van der Waals surface area (Å²) in [7, 11) is 0. The number of nitro benzene ring substituents is 1. The van der Waals surface area contributed by atoms with Crippen molar-refractivity contribution < 1.29 is 9.72 Å². The van der Waals surface area contributed by atoms with Gasteiger partial charge in [0, 0.05) is 11.6 Å². The van der Waals surface area contributed by atoms with Gasteiger partial charge in [0.25, 0.3) is 11.6 Å². The summed E-state index contributed by atoms with van der Waals surface area (Å²) in [6, 6.07) is 4.01. The number of rotatable bonds is 1. The number of anilines is 1. The zero-order valence-electron chi connectivity index (χ0n) is 7.56. The van der Waals surface area contributed by atoms with Gasteiger partial charge in [-0.05, 0) is 18.1 Å². The summed E-state index contributed by atoms with van der Waals surface area (Å²) in [5, 5.41) is 10.5. The van der Waals surface area contributed by atoms with Crippen LogP contribution in [0.25, 0.3) is 0 Å². The second-order valence-electron chi connectivity index (χ2n) is 2.64. The quantitative estimate of drug-likeness (QED) is 0.291. The molecule has 1 aromatic rings. The third-order valence-electron chi connectivity index (χ3n) is 1.56. The number of benzene rings is 1. The first-order valence-electron chi connectivity index (χ1n) is 3.86. The van der Waals surface area contributed by atoms with Crippen molar-refractivity contribution in [1.82, 2.24) is 0 Å². The van der Waals surface area contributed by atoms with E-state index in [1.165, 1.54) is 18.2 Å². The molecule has 76 valence electrons. The number of amides is 1. The molecule has 0 aliphatic heterocycles. The Morgan fingerprint density at radius 2 is 2.13 bits per heavy atom. The zero-order valence-corrected chi connectivity index (χ0v) is 7.56. The van der Waals surface area contributed by atoms with Gasteiger partial charge in [-0.3, -0.25) is 14.9 Å². The Morgan fingerprint density at radius 1 is 1.47 bits per heavy atom. The molecule has 0 heterocycles. The van der Waals surface area contributed by atoms with Crippen molar-refractivity contribution in [2.24, 2.45) is 5.73 Å². The Balaban J connectivity index is 3.15. The van der Waals surface area contributed by atoms with Crippen LogP contribution in [0.4, 0.5) is 11.4 Å². The molecule has 0 bridgehead atoms. The molecule has 6 heteroatoms. The van der Waals surface area contributed by atoms with Crippen LogP contribution in [-0.2, 0) is 4.79 Å². The lowest BCUT2D eigenvalue weighted by Crippen LogP contribution is -2.06. The lowest BCUT2D eigenvalue weighted by Gasteiger charge is -1.96. The van der Waals surface area contributed by atoms with Crippen molar-refractivity contribution in [3.05, 3.63) is 33.9 Å². The number of nitrogens with two attached hydrogens (primary N) is 2. The van der Waals surface area contributed by atoms with E-state index < -0.39 is 10.8 Å². The highest BCUT2D eigenvalue weighted by Gasteiger charge is 2.10. The van der Waals surface area contributed by atoms with E-state index >= 15 is 0 Å². The maximum Gasteiger partial charge on any atom is 0.293 e. The molecule has 0 unspecified atom stereocenters. The van der Waals surface area contributed by atoms with Crippen molar-refractivity contribution in [3.63, 3.8) is 0 Å². The largest absolute Gasteiger partial charge is 0.393 e. The van der Waals surface area contributed by atoms with Gasteiger partial charge < -0.3 is 11.5 Å². The van der Waals surface area contributed by atoms with E-state index in [9.17, 15) is 14.9 Å². The van der Waals surface area contributed by atoms with Gasteiger partial charge in [0.15, 0.2) is 0 Å². The molecule has 0 aliphatic rings. The number of nitrogen functional groups attached to an aromatic ring is 1. The van der Waals surface area contributed by atoms with E-state index in [4.69, 9.17) is 11.5 Å². The Labute approximate surface area is 85.0 Å². The van der Waals surface area contributed by atoms with Gasteiger partial charge in [-0.15, -0.1) is 0 Å². The fraction of sp³-hybridized carbons (Fsp3) is 0. The Morgan fingerprint density at radius 3 is 2.67 bits per heavy atom. The number of nitrogens with zero attached hydrogens (tertiary/aromatic N) is 1. The molecule has 1 aromatic carbocycles. The van der Waals surface area contributed by atoms with Crippen LogP contribution in [0, 0.1) is 22.0 Å².